The summed E-state index contributed by atoms with van der Waals surface area (Å²) in [6.45, 7) is 7.03. The van der Waals surface area contributed by atoms with Crippen LogP contribution in [0.1, 0.15) is 39.0 Å². The van der Waals surface area contributed by atoms with Crippen molar-refractivity contribution in [1.82, 2.24) is 15.1 Å². The minimum Gasteiger partial charge on any atom is -0.339 e. The van der Waals surface area contributed by atoms with E-state index in [1.165, 1.54) is 0 Å². The molecule has 0 bridgehead atoms. The molecule has 19 heavy (non-hydrogen) atoms. The maximum atomic E-state index is 5.82. The van der Waals surface area contributed by atoms with E-state index in [4.69, 9.17) is 10.3 Å². The Bertz CT molecular complexity index is 516. The van der Waals surface area contributed by atoms with Gasteiger partial charge in [-0.2, -0.15) is 4.98 Å². The molecule has 0 spiro atoms. The summed E-state index contributed by atoms with van der Waals surface area (Å²) in [6, 6.07) is 3.75. The molecular weight excluding hydrogens is 240 g/mol. The Morgan fingerprint density at radius 3 is 2.74 bits per heavy atom. The topological polar surface area (TPSA) is 77.8 Å². The van der Waals surface area contributed by atoms with Crippen molar-refractivity contribution in [2.75, 3.05) is 6.54 Å². The van der Waals surface area contributed by atoms with Crippen molar-refractivity contribution >= 4 is 0 Å². The van der Waals surface area contributed by atoms with Crippen LogP contribution in [0.25, 0.3) is 11.4 Å². The lowest BCUT2D eigenvalue weighted by atomic mass is 9.84. The fraction of sp³-hybridized carbons (Fsp3) is 0.500. The number of rotatable bonds is 4. The Morgan fingerprint density at radius 1 is 1.37 bits per heavy atom. The van der Waals surface area contributed by atoms with E-state index >= 15 is 0 Å². The lowest BCUT2D eigenvalue weighted by molar-refractivity contribution is 0.287. The SMILES string of the molecule is CC(C)(C)CC(CN)c1nc(-c2cccnc2)no1. The Balaban J connectivity index is 2.20. The fourth-order valence-electron chi connectivity index (χ4n) is 2.02. The minimum atomic E-state index is 0.0953. The third kappa shape index (κ3) is 3.61. The van der Waals surface area contributed by atoms with Crippen molar-refractivity contribution < 1.29 is 4.52 Å². The Labute approximate surface area is 113 Å². The van der Waals surface area contributed by atoms with Crippen LogP contribution >= 0.6 is 0 Å². The minimum absolute atomic E-state index is 0.0953. The molecule has 1 unspecified atom stereocenters. The zero-order chi connectivity index (χ0) is 13.9. The summed E-state index contributed by atoms with van der Waals surface area (Å²) in [5.41, 5.74) is 6.84. The summed E-state index contributed by atoms with van der Waals surface area (Å²) in [5, 5.41) is 4.00. The van der Waals surface area contributed by atoms with Gasteiger partial charge in [-0.15, -0.1) is 0 Å². The van der Waals surface area contributed by atoms with Crippen LogP contribution in [-0.2, 0) is 0 Å². The number of hydrogen-bond donors (Lipinski definition) is 1. The number of pyridine rings is 1. The number of hydrogen-bond acceptors (Lipinski definition) is 5. The lowest BCUT2D eigenvalue weighted by Gasteiger charge is -2.22. The van der Waals surface area contributed by atoms with Crippen LogP contribution in [0, 0.1) is 5.41 Å². The van der Waals surface area contributed by atoms with Crippen LogP contribution in [0.2, 0.25) is 0 Å². The first-order valence-electron chi connectivity index (χ1n) is 6.43. The standard InChI is InChI=1S/C14H20N4O/c1-14(2,3)7-11(8-15)13-17-12(18-19-13)10-5-4-6-16-9-10/h4-6,9,11H,7-8,15H2,1-3H3. The predicted octanol–water partition coefficient (Wildman–Crippen LogP) is 2.61. The molecule has 5 nitrogen and oxygen atoms in total. The van der Waals surface area contributed by atoms with E-state index in [1.54, 1.807) is 12.4 Å². The second-order valence-electron chi connectivity index (χ2n) is 5.90. The predicted molar refractivity (Wildman–Crippen MR) is 73.4 cm³/mol. The molecule has 0 amide bonds. The number of nitrogens with zero attached hydrogens (tertiary/aromatic N) is 3. The number of aromatic nitrogens is 3. The summed E-state index contributed by atoms with van der Waals surface area (Å²) in [7, 11) is 0. The summed E-state index contributed by atoms with van der Waals surface area (Å²) in [5.74, 6) is 1.27. The lowest BCUT2D eigenvalue weighted by Crippen LogP contribution is -2.19. The zero-order valence-corrected chi connectivity index (χ0v) is 11.6. The van der Waals surface area contributed by atoms with E-state index in [0.717, 1.165) is 12.0 Å². The molecule has 2 heterocycles. The maximum Gasteiger partial charge on any atom is 0.231 e. The molecule has 0 radical (unpaired) electrons. The second kappa shape index (κ2) is 5.48. The van der Waals surface area contributed by atoms with Gasteiger partial charge < -0.3 is 10.3 Å². The summed E-state index contributed by atoms with van der Waals surface area (Å²) in [4.78, 5) is 8.49. The third-order valence-corrected chi connectivity index (χ3v) is 2.85. The van der Waals surface area contributed by atoms with Gasteiger partial charge in [-0.1, -0.05) is 25.9 Å². The van der Waals surface area contributed by atoms with Gasteiger partial charge in [0, 0.05) is 24.5 Å². The summed E-state index contributed by atoms with van der Waals surface area (Å²) < 4.78 is 5.35. The normalized spacial score (nSPS) is 13.5. The van der Waals surface area contributed by atoms with E-state index in [9.17, 15) is 0 Å². The monoisotopic (exact) mass is 260 g/mol. The fourth-order valence-corrected chi connectivity index (χ4v) is 2.02. The van der Waals surface area contributed by atoms with Gasteiger partial charge in [0.25, 0.3) is 0 Å². The largest absolute Gasteiger partial charge is 0.339 e. The molecule has 0 aliphatic carbocycles. The molecule has 0 aromatic carbocycles. The van der Waals surface area contributed by atoms with Crippen molar-refractivity contribution in [3.63, 3.8) is 0 Å². The highest BCUT2D eigenvalue weighted by molar-refractivity contribution is 5.51. The van der Waals surface area contributed by atoms with Crippen LogP contribution in [0.4, 0.5) is 0 Å². The van der Waals surface area contributed by atoms with Crippen LogP contribution in [0.15, 0.2) is 29.0 Å². The highest BCUT2D eigenvalue weighted by Crippen LogP contribution is 2.30. The van der Waals surface area contributed by atoms with Crippen LogP contribution in [0.3, 0.4) is 0 Å². The first-order chi connectivity index (χ1) is 8.99. The van der Waals surface area contributed by atoms with E-state index in [0.29, 0.717) is 18.3 Å². The molecule has 2 aromatic rings. The second-order valence-corrected chi connectivity index (χ2v) is 5.90. The van der Waals surface area contributed by atoms with E-state index in [1.807, 2.05) is 12.1 Å². The van der Waals surface area contributed by atoms with Crippen molar-refractivity contribution in [2.24, 2.45) is 11.1 Å². The highest BCUT2D eigenvalue weighted by atomic mass is 16.5. The third-order valence-electron chi connectivity index (χ3n) is 2.85. The van der Waals surface area contributed by atoms with Gasteiger partial charge in [0.1, 0.15) is 0 Å². The molecule has 2 rings (SSSR count). The van der Waals surface area contributed by atoms with Gasteiger partial charge in [0.05, 0.1) is 5.92 Å². The summed E-state index contributed by atoms with van der Waals surface area (Å²) >= 11 is 0. The van der Waals surface area contributed by atoms with Gasteiger partial charge in [-0.05, 0) is 24.0 Å². The quantitative estimate of drug-likeness (QED) is 0.914. The van der Waals surface area contributed by atoms with Crippen molar-refractivity contribution in [2.45, 2.75) is 33.1 Å². The smallest absolute Gasteiger partial charge is 0.231 e. The van der Waals surface area contributed by atoms with E-state index < -0.39 is 0 Å². The van der Waals surface area contributed by atoms with Gasteiger partial charge in [-0.3, -0.25) is 4.98 Å². The molecule has 102 valence electrons. The van der Waals surface area contributed by atoms with E-state index in [-0.39, 0.29) is 11.3 Å². The van der Waals surface area contributed by atoms with Crippen LogP contribution in [0.5, 0.6) is 0 Å². The maximum absolute atomic E-state index is 5.82. The Hall–Kier alpha value is -1.75. The first kappa shape index (κ1) is 13.7. The first-order valence-corrected chi connectivity index (χ1v) is 6.43. The van der Waals surface area contributed by atoms with E-state index in [2.05, 4.69) is 35.9 Å². The van der Waals surface area contributed by atoms with Crippen LogP contribution < -0.4 is 5.73 Å². The average molecular weight is 260 g/mol. The van der Waals surface area contributed by atoms with Gasteiger partial charge in [0.15, 0.2) is 0 Å². The molecule has 5 heteroatoms. The van der Waals surface area contributed by atoms with Gasteiger partial charge >= 0.3 is 0 Å². The van der Waals surface area contributed by atoms with Crippen molar-refractivity contribution in [3.8, 4) is 11.4 Å². The number of nitrogens with two attached hydrogens (primary N) is 1. The zero-order valence-electron chi connectivity index (χ0n) is 11.6. The molecule has 0 saturated heterocycles. The molecule has 0 aliphatic heterocycles. The molecule has 2 aromatic heterocycles. The Morgan fingerprint density at radius 2 is 2.16 bits per heavy atom. The van der Waals surface area contributed by atoms with Gasteiger partial charge in [0.2, 0.25) is 11.7 Å². The average Bonchev–Trinajstić information content (AvgIpc) is 2.85. The molecule has 0 fully saturated rings. The highest BCUT2D eigenvalue weighted by Gasteiger charge is 2.24. The van der Waals surface area contributed by atoms with Crippen molar-refractivity contribution in [1.29, 1.82) is 0 Å². The molecule has 2 N–H and O–H groups in total. The molecule has 1 atom stereocenters. The van der Waals surface area contributed by atoms with Crippen LogP contribution in [-0.4, -0.2) is 21.7 Å². The van der Waals surface area contributed by atoms with Gasteiger partial charge in [-0.25, -0.2) is 0 Å². The summed E-state index contributed by atoms with van der Waals surface area (Å²) in [6.07, 6.45) is 4.35. The molecule has 0 aliphatic rings. The Kier molecular flexibility index (Phi) is 3.95. The molecular formula is C14H20N4O. The molecule has 0 saturated carbocycles. The van der Waals surface area contributed by atoms with Crippen molar-refractivity contribution in [3.05, 3.63) is 30.4 Å².